The predicted molar refractivity (Wildman–Crippen MR) is 58.3 cm³/mol. The van der Waals surface area contributed by atoms with Crippen molar-refractivity contribution in [2.24, 2.45) is 5.92 Å². The third-order valence-corrected chi connectivity index (χ3v) is 2.35. The van der Waals surface area contributed by atoms with Gasteiger partial charge in [-0.1, -0.05) is 0 Å². The van der Waals surface area contributed by atoms with Gasteiger partial charge in [-0.05, 0) is 27.2 Å². The van der Waals surface area contributed by atoms with Crippen molar-refractivity contribution in [1.29, 1.82) is 0 Å². The van der Waals surface area contributed by atoms with E-state index in [1.807, 2.05) is 0 Å². The number of carbonyl (C=O) groups is 3. The highest BCUT2D eigenvalue weighted by atomic mass is 16.6. The van der Waals surface area contributed by atoms with Gasteiger partial charge in [-0.25, -0.2) is 9.69 Å². The average molecular weight is 243 g/mol. The zero-order valence-electron chi connectivity index (χ0n) is 10.2. The Morgan fingerprint density at radius 1 is 1.47 bits per heavy atom. The molecule has 96 valence electrons. The standard InChI is InChI=1S/C11H17NO5/c1-11(2,3)17-10(16)12-5-4-7(9(12)15)6-8(13)14/h7H,4-6H2,1-3H3,(H,13,14)/t7-/m1/s1. The largest absolute Gasteiger partial charge is 0.481 e. The fourth-order valence-electron chi connectivity index (χ4n) is 1.64. The van der Waals surface area contributed by atoms with E-state index in [2.05, 4.69) is 0 Å². The Labute approximate surface area is 99.5 Å². The second-order valence-corrected chi connectivity index (χ2v) is 5.05. The van der Waals surface area contributed by atoms with Crippen molar-refractivity contribution in [3.8, 4) is 0 Å². The molecule has 2 amide bonds. The van der Waals surface area contributed by atoms with E-state index < -0.39 is 29.5 Å². The third kappa shape index (κ3) is 3.72. The van der Waals surface area contributed by atoms with Gasteiger partial charge in [-0.3, -0.25) is 9.59 Å². The van der Waals surface area contributed by atoms with Crippen molar-refractivity contribution in [2.45, 2.75) is 39.2 Å². The molecule has 0 bridgehead atoms. The quantitative estimate of drug-likeness (QED) is 0.788. The lowest BCUT2D eigenvalue weighted by atomic mass is 10.0. The van der Waals surface area contributed by atoms with Crippen LogP contribution in [0.3, 0.4) is 0 Å². The van der Waals surface area contributed by atoms with Crippen LogP contribution in [0.5, 0.6) is 0 Å². The summed E-state index contributed by atoms with van der Waals surface area (Å²) < 4.78 is 5.06. The maximum absolute atomic E-state index is 11.7. The Kier molecular flexibility index (Phi) is 3.75. The van der Waals surface area contributed by atoms with Crippen LogP contribution in [0.2, 0.25) is 0 Å². The lowest BCUT2D eigenvalue weighted by Crippen LogP contribution is -2.38. The van der Waals surface area contributed by atoms with Crippen LogP contribution >= 0.6 is 0 Å². The van der Waals surface area contributed by atoms with E-state index in [0.29, 0.717) is 6.42 Å². The zero-order chi connectivity index (χ0) is 13.2. The summed E-state index contributed by atoms with van der Waals surface area (Å²) in [6.07, 6.45) is -0.557. The van der Waals surface area contributed by atoms with Crippen molar-refractivity contribution in [3.05, 3.63) is 0 Å². The summed E-state index contributed by atoms with van der Waals surface area (Å²) in [7, 11) is 0. The fourth-order valence-corrected chi connectivity index (χ4v) is 1.64. The molecule has 1 saturated heterocycles. The molecule has 1 fully saturated rings. The highest BCUT2D eigenvalue weighted by Gasteiger charge is 2.38. The Morgan fingerprint density at radius 2 is 2.06 bits per heavy atom. The molecular weight excluding hydrogens is 226 g/mol. The van der Waals surface area contributed by atoms with Gasteiger partial charge < -0.3 is 9.84 Å². The SMILES string of the molecule is CC(C)(C)OC(=O)N1CC[C@H](CC(=O)O)C1=O. The zero-order valence-corrected chi connectivity index (χ0v) is 10.2. The van der Waals surface area contributed by atoms with Crippen LogP contribution in [0.15, 0.2) is 0 Å². The monoisotopic (exact) mass is 243 g/mol. The number of nitrogens with zero attached hydrogens (tertiary/aromatic N) is 1. The molecule has 0 aromatic rings. The molecule has 0 unspecified atom stereocenters. The van der Waals surface area contributed by atoms with Crippen LogP contribution in [0.25, 0.3) is 0 Å². The van der Waals surface area contributed by atoms with E-state index in [1.54, 1.807) is 20.8 Å². The minimum atomic E-state index is -1.03. The lowest BCUT2D eigenvalue weighted by molar-refractivity contribution is -0.141. The number of carboxylic acid groups (broad SMARTS) is 1. The first-order valence-corrected chi connectivity index (χ1v) is 5.47. The molecule has 6 heteroatoms. The van der Waals surface area contributed by atoms with Crippen molar-refractivity contribution < 1.29 is 24.2 Å². The van der Waals surface area contributed by atoms with E-state index in [4.69, 9.17) is 9.84 Å². The molecule has 0 aromatic heterocycles. The summed E-state index contributed by atoms with van der Waals surface area (Å²) >= 11 is 0. The summed E-state index contributed by atoms with van der Waals surface area (Å²) in [6, 6.07) is 0. The average Bonchev–Trinajstić information content (AvgIpc) is 2.44. The van der Waals surface area contributed by atoms with E-state index in [0.717, 1.165) is 4.90 Å². The third-order valence-electron chi connectivity index (χ3n) is 2.35. The number of carboxylic acids is 1. The normalized spacial score (nSPS) is 20.5. The molecule has 0 aliphatic carbocycles. The Hall–Kier alpha value is -1.59. The first kappa shape index (κ1) is 13.5. The molecule has 6 nitrogen and oxygen atoms in total. The molecular formula is C11H17NO5. The topological polar surface area (TPSA) is 83.9 Å². The molecule has 1 atom stereocenters. The van der Waals surface area contributed by atoms with Gasteiger partial charge in [-0.2, -0.15) is 0 Å². The predicted octanol–water partition coefficient (Wildman–Crippen LogP) is 1.24. The van der Waals surface area contributed by atoms with Gasteiger partial charge in [0.05, 0.1) is 12.3 Å². The minimum Gasteiger partial charge on any atom is -0.481 e. The number of likely N-dealkylation sites (tertiary alicyclic amines) is 1. The number of aliphatic carboxylic acids is 1. The molecule has 1 heterocycles. The lowest BCUT2D eigenvalue weighted by Gasteiger charge is -2.23. The maximum atomic E-state index is 11.7. The minimum absolute atomic E-state index is 0.228. The molecule has 1 rings (SSSR count). The second kappa shape index (κ2) is 4.73. The van der Waals surface area contributed by atoms with Gasteiger partial charge in [0.1, 0.15) is 5.60 Å². The molecule has 0 saturated carbocycles. The van der Waals surface area contributed by atoms with Gasteiger partial charge in [-0.15, -0.1) is 0 Å². The maximum Gasteiger partial charge on any atom is 0.417 e. The van der Waals surface area contributed by atoms with Crippen molar-refractivity contribution in [1.82, 2.24) is 4.90 Å². The second-order valence-electron chi connectivity index (χ2n) is 5.05. The van der Waals surface area contributed by atoms with E-state index in [1.165, 1.54) is 0 Å². The summed E-state index contributed by atoms with van der Waals surface area (Å²) in [5, 5.41) is 8.62. The number of carbonyl (C=O) groups excluding carboxylic acids is 2. The van der Waals surface area contributed by atoms with E-state index in [9.17, 15) is 14.4 Å². The van der Waals surface area contributed by atoms with Gasteiger partial charge in [0, 0.05) is 6.54 Å². The van der Waals surface area contributed by atoms with Crippen LogP contribution in [0, 0.1) is 5.92 Å². The van der Waals surface area contributed by atoms with Crippen LogP contribution in [-0.4, -0.2) is 40.1 Å². The Bertz CT molecular complexity index is 344. The molecule has 1 aliphatic heterocycles. The summed E-state index contributed by atoms with van der Waals surface area (Å²) in [6.45, 7) is 5.35. The number of hydrogen-bond donors (Lipinski definition) is 1. The van der Waals surface area contributed by atoms with E-state index >= 15 is 0 Å². The molecule has 0 spiro atoms. The van der Waals surface area contributed by atoms with Crippen molar-refractivity contribution in [2.75, 3.05) is 6.54 Å². The molecule has 1 aliphatic rings. The number of ether oxygens (including phenoxy) is 1. The number of amides is 2. The molecule has 0 aromatic carbocycles. The highest BCUT2D eigenvalue weighted by molar-refractivity contribution is 5.96. The van der Waals surface area contributed by atoms with Crippen LogP contribution in [0.1, 0.15) is 33.6 Å². The van der Waals surface area contributed by atoms with Crippen molar-refractivity contribution >= 4 is 18.0 Å². The number of hydrogen-bond acceptors (Lipinski definition) is 4. The van der Waals surface area contributed by atoms with Crippen LogP contribution in [0.4, 0.5) is 4.79 Å². The smallest absolute Gasteiger partial charge is 0.417 e. The molecule has 17 heavy (non-hydrogen) atoms. The first-order valence-electron chi connectivity index (χ1n) is 5.47. The van der Waals surface area contributed by atoms with Gasteiger partial charge >= 0.3 is 12.1 Å². The molecule has 1 N–H and O–H groups in total. The molecule has 0 radical (unpaired) electrons. The fraction of sp³-hybridized carbons (Fsp3) is 0.727. The Balaban J connectivity index is 2.61. The summed E-state index contributed by atoms with van der Waals surface area (Å²) in [5.74, 6) is -2.10. The van der Waals surface area contributed by atoms with Crippen LogP contribution in [-0.2, 0) is 14.3 Å². The summed E-state index contributed by atoms with van der Waals surface area (Å²) in [4.78, 5) is 34.9. The van der Waals surface area contributed by atoms with Gasteiger partial charge in [0.15, 0.2) is 0 Å². The van der Waals surface area contributed by atoms with E-state index in [-0.39, 0.29) is 13.0 Å². The summed E-state index contributed by atoms with van der Waals surface area (Å²) in [5.41, 5.74) is -0.664. The first-order chi connectivity index (χ1) is 7.70. The number of rotatable bonds is 2. The van der Waals surface area contributed by atoms with Gasteiger partial charge in [0.25, 0.3) is 0 Å². The van der Waals surface area contributed by atoms with Gasteiger partial charge in [0.2, 0.25) is 5.91 Å². The Morgan fingerprint density at radius 3 is 2.53 bits per heavy atom. The van der Waals surface area contributed by atoms with Crippen LogP contribution < -0.4 is 0 Å². The highest BCUT2D eigenvalue weighted by Crippen LogP contribution is 2.23. The van der Waals surface area contributed by atoms with Crippen molar-refractivity contribution in [3.63, 3.8) is 0 Å². The number of imide groups is 1.